The Morgan fingerprint density at radius 2 is 1.71 bits per heavy atom. The van der Waals surface area contributed by atoms with Crippen molar-refractivity contribution in [3.05, 3.63) is 28.6 Å². The van der Waals surface area contributed by atoms with Crippen molar-refractivity contribution in [2.24, 2.45) is 5.11 Å². The molecule has 0 spiro atoms. The number of carbonyl (C=O) groups is 2. The second-order valence-corrected chi connectivity index (χ2v) is 5.16. The first-order valence-electron chi connectivity index (χ1n) is 7.00. The third kappa shape index (κ3) is 2.43. The summed E-state index contributed by atoms with van der Waals surface area (Å²) < 4.78 is 0. The molecule has 0 saturated carbocycles. The summed E-state index contributed by atoms with van der Waals surface area (Å²) in [6.45, 7) is 1.30. The molecule has 0 aliphatic carbocycles. The standard InChI is InChI=1S/C14H15N5O2/c15-17-16-11-6-5-10(18-7-1-3-13(18)20)9-12(11)19-8-2-4-14(19)21/h5-6,9H,1-4,7-8H2. The van der Waals surface area contributed by atoms with Crippen LogP contribution in [0, 0.1) is 0 Å². The molecule has 0 N–H and O–H groups in total. The zero-order valence-corrected chi connectivity index (χ0v) is 11.5. The lowest BCUT2D eigenvalue weighted by atomic mass is 10.2. The molecule has 2 aliphatic heterocycles. The Morgan fingerprint density at radius 3 is 2.29 bits per heavy atom. The fourth-order valence-electron chi connectivity index (χ4n) is 2.85. The zero-order valence-electron chi connectivity index (χ0n) is 11.5. The van der Waals surface area contributed by atoms with E-state index >= 15 is 0 Å². The number of nitrogens with zero attached hydrogens (tertiary/aromatic N) is 5. The predicted molar refractivity (Wildman–Crippen MR) is 78.4 cm³/mol. The van der Waals surface area contributed by atoms with E-state index in [0.717, 1.165) is 18.5 Å². The fraction of sp³-hybridized carbons (Fsp3) is 0.429. The van der Waals surface area contributed by atoms with Gasteiger partial charge in [0.15, 0.2) is 0 Å². The average Bonchev–Trinajstić information content (AvgIpc) is 3.08. The van der Waals surface area contributed by atoms with Crippen LogP contribution in [0.4, 0.5) is 17.1 Å². The summed E-state index contributed by atoms with van der Waals surface area (Å²) in [5, 5.41) is 3.66. The smallest absolute Gasteiger partial charge is 0.227 e. The van der Waals surface area contributed by atoms with Gasteiger partial charge in [-0.3, -0.25) is 9.59 Å². The molecule has 0 bridgehead atoms. The lowest BCUT2D eigenvalue weighted by molar-refractivity contribution is -0.117. The van der Waals surface area contributed by atoms with Gasteiger partial charge in [0.2, 0.25) is 11.8 Å². The van der Waals surface area contributed by atoms with E-state index in [-0.39, 0.29) is 11.8 Å². The molecule has 0 aromatic heterocycles. The minimum atomic E-state index is 0.0225. The van der Waals surface area contributed by atoms with Crippen LogP contribution in [0.3, 0.4) is 0 Å². The maximum atomic E-state index is 11.9. The van der Waals surface area contributed by atoms with Crippen LogP contribution in [-0.4, -0.2) is 24.9 Å². The quantitative estimate of drug-likeness (QED) is 0.485. The van der Waals surface area contributed by atoms with Gasteiger partial charge in [0.05, 0.1) is 11.4 Å². The van der Waals surface area contributed by atoms with Crippen LogP contribution in [0.2, 0.25) is 0 Å². The maximum Gasteiger partial charge on any atom is 0.227 e. The molecule has 2 heterocycles. The highest BCUT2D eigenvalue weighted by Gasteiger charge is 2.26. The molecule has 3 rings (SSSR count). The first kappa shape index (κ1) is 13.5. The molecule has 21 heavy (non-hydrogen) atoms. The van der Waals surface area contributed by atoms with Crippen LogP contribution in [0.1, 0.15) is 25.7 Å². The molecule has 0 unspecified atom stereocenters. The number of hydrogen-bond acceptors (Lipinski definition) is 3. The van der Waals surface area contributed by atoms with Crippen LogP contribution >= 0.6 is 0 Å². The molecule has 2 fully saturated rings. The molecular formula is C14H15N5O2. The van der Waals surface area contributed by atoms with E-state index in [2.05, 4.69) is 10.0 Å². The molecule has 7 heteroatoms. The van der Waals surface area contributed by atoms with Gasteiger partial charge in [-0.2, -0.15) is 0 Å². The van der Waals surface area contributed by atoms with Gasteiger partial charge in [0.25, 0.3) is 0 Å². The molecule has 108 valence electrons. The molecule has 2 aliphatic rings. The van der Waals surface area contributed by atoms with Gasteiger partial charge in [-0.1, -0.05) is 5.11 Å². The number of benzene rings is 1. The minimum absolute atomic E-state index is 0.0225. The molecule has 2 saturated heterocycles. The zero-order chi connectivity index (χ0) is 14.8. The van der Waals surface area contributed by atoms with Gasteiger partial charge in [0.1, 0.15) is 0 Å². The third-order valence-electron chi connectivity index (χ3n) is 3.86. The van der Waals surface area contributed by atoms with Crippen LogP contribution in [0.15, 0.2) is 23.3 Å². The van der Waals surface area contributed by atoms with Crippen molar-refractivity contribution >= 4 is 28.9 Å². The van der Waals surface area contributed by atoms with E-state index in [9.17, 15) is 9.59 Å². The van der Waals surface area contributed by atoms with Crippen LogP contribution < -0.4 is 9.80 Å². The van der Waals surface area contributed by atoms with Crippen LogP contribution in [0.25, 0.3) is 10.4 Å². The van der Waals surface area contributed by atoms with E-state index in [1.54, 1.807) is 28.0 Å². The highest BCUT2D eigenvalue weighted by atomic mass is 16.2. The minimum Gasteiger partial charge on any atom is -0.312 e. The maximum absolute atomic E-state index is 11.9. The summed E-state index contributed by atoms with van der Waals surface area (Å²) in [5.41, 5.74) is 10.4. The molecule has 0 radical (unpaired) electrons. The van der Waals surface area contributed by atoms with Crippen molar-refractivity contribution in [1.29, 1.82) is 0 Å². The summed E-state index contributed by atoms with van der Waals surface area (Å²) in [4.78, 5) is 29.9. The second kappa shape index (κ2) is 5.46. The van der Waals surface area contributed by atoms with Crippen molar-refractivity contribution in [1.82, 2.24) is 0 Å². The van der Waals surface area contributed by atoms with Crippen molar-refractivity contribution in [2.75, 3.05) is 22.9 Å². The van der Waals surface area contributed by atoms with Crippen LogP contribution in [-0.2, 0) is 9.59 Å². The first-order chi connectivity index (χ1) is 10.2. The van der Waals surface area contributed by atoms with Crippen molar-refractivity contribution in [3.63, 3.8) is 0 Å². The number of azide groups is 1. The van der Waals surface area contributed by atoms with E-state index < -0.39 is 0 Å². The van der Waals surface area contributed by atoms with Gasteiger partial charge in [-0.15, -0.1) is 0 Å². The molecular weight excluding hydrogens is 270 g/mol. The monoisotopic (exact) mass is 285 g/mol. The normalized spacial score (nSPS) is 18.3. The van der Waals surface area contributed by atoms with E-state index in [1.807, 2.05) is 0 Å². The highest BCUT2D eigenvalue weighted by Crippen LogP contribution is 2.36. The lowest BCUT2D eigenvalue weighted by Gasteiger charge is -2.22. The Hall–Kier alpha value is -2.53. The van der Waals surface area contributed by atoms with Crippen LogP contribution in [0.5, 0.6) is 0 Å². The van der Waals surface area contributed by atoms with E-state index in [1.165, 1.54) is 0 Å². The first-order valence-corrected chi connectivity index (χ1v) is 7.00. The lowest BCUT2D eigenvalue weighted by Crippen LogP contribution is -2.26. The van der Waals surface area contributed by atoms with Crippen molar-refractivity contribution in [3.8, 4) is 0 Å². The van der Waals surface area contributed by atoms with Gasteiger partial charge >= 0.3 is 0 Å². The average molecular weight is 285 g/mol. The highest BCUT2D eigenvalue weighted by molar-refractivity contribution is 6.00. The van der Waals surface area contributed by atoms with Crippen molar-refractivity contribution < 1.29 is 9.59 Å². The Balaban J connectivity index is 2.03. The largest absolute Gasteiger partial charge is 0.312 e. The number of carbonyl (C=O) groups excluding carboxylic acids is 2. The van der Waals surface area contributed by atoms with Gasteiger partial charge in [-0.05, 0) is 36.6 Å². The predicted octanol–water partition coefficient (Wildman–Crippen LogP) is 2.88. The molecule has 7 nitrogen and oxygen atoms in total. The Kier molecular flexibility index (Phi) is 3.50. The molecule has 0 atom stereocenters. The Morgan fingerprint density at radius 1 is 1.05 bits per heavy atom. The topological polar surface area (TPSA) is 89.4 Å². The van der Waals surface area contributed by atoms with Crippen molar-refractivity contribution in [2.45, 2.75) is 25.7 Å². The third-order valence-corrected chi connectivity index (χ3v) is 3.86. The fourth-order valence-corrected chi connectivity index (χ4v) is 2.85. The number of anilines is 2. The number of hydrogen-bond donors (Lipinski definition) is 0. The van der Waals surface area contributed by atoms with Gasteiger partial charge in [-0.25, -0.2) is 0 Å². The SMILES string of the molecule is [N-]=[N+]=Nc1ccc(N2CCCC2=O)cc1N1CCCC1=O. The summed E-state index contributed by atoms with van der Waals surface area (Å²) in [7, 11) is 0. The molecule has 2 amide bonds. The van der Waals surface area contributed by atoms with E-state index in [0.29, 0.717) is 37.3 Å². The van der Waals surface area contributed by atoms with Gasteiger partial charge in [0, 0.05) is 36.5 Å². The second-order valence-electron chi connectivity index (χ2n) is 5.16. The summed E-state index contributed by atoms with van der Waals surface area (Å²) in [6.07, 6.45) is 2.69. The molecule has 1 aromatic rings. The van der Waals surface area contributed by atoms with Gasteiger partial charge < -0.3 is 9.80 Å². The number of rotatable bonds is 3. The molecule has 1 aromatic carbocycles. The Bertz CT molecular complexity index is 651. The summed E-state index contributed by atoms with van der Waals surface area (Å²) >= 11 is 0. The van der Waals surface area contributed by atoms with E-state index in [4.69, 9.17) is 5.53 Å². The number of amides is 2. The Labute approximate surface area is 121 Å². The summed E-state index contributed by atoms with van der Waals surface area (Å²) in [6, 6.07) is 5.20. The summed E-state index contributed by atoms with van der Waals surface area (Å²) in [5.74, 6) is 0.111.